The Kier molecular flexibility index (Phi) is 5.91. The molecule has 0 aliphatic carbocycles. The van der Waals surface area contributed by atoms with Crippen LogP contribution in [0.25, 0.3) is 0 Å². The fourth-order valence-electron chi connectivity index (χ4n) is 2.48. The van der Waals surface area contributed by atoms with Gasteiger partial charge in [-0.3, -0.25) is 9.59 Å². The topological polar surface area (TPSA) is 83.7 Å². The zero-order chi connectivity index (χ0) is 20.1. The van der Waals surface area contributed by atoms with Crippen molar-refractivity contribution in [2.45, 2.75) is 13.8 Å². The highest BCUT2D eigenvalue weighted by atomic mass is 35.5. The Balaban J connectivity index is 1.63. The molecule has 0 spiro atoms. The number of hydrazone groups is 1. The van der Waals surface area contributed by atoms with Crippen molar-refractivity contribution < 1.29 is 14.0 Å². The molecule has 142 valence electrons. The maximum absolute atomic E-state index is 12.2. The number of hydrogen-bond acceptors (Lipinski definition) is 4. The summed E-state index contributed by atoms with van der Waals surface area (Å²) in [5, 5.41) is 7.50. The molecular weight excluding hydrogens is 378 g/mol. The number of hydrogen-bond donors (Lipinski definition) is 2. The number of anilines is 1. The normalized spacial score (nSPS) is 11.2. The van der Waals surface area contributed by atoms with E-state index in [0.29, 0.717) is 33.3 Å². The fraction of sp³-hybridized carbons (Fsp3) is 0.0952. The summed E-state index contributed by atoms with van der Waals surface area (Å²) in [5.74, 6) is -0.0267. The van der Waals surface area contributed by atoms with E-state index in [1.54, 1.807) is 56.3 Å². The summed E-state index contributed by atoms with van der Waals surface area (Å²) in [7, 11) is 0. The van der Waals surface area contributed by atoms with Crippen molar-refractivity contribution in [2.75, 3.05) is 5.32 Å². The molecule has 0 atom stereocenters. The number of nitrogens with one attached hydrogen (secondary N) is 2. The van der Waals surface area contributed by atoms with Gasteiger partial charge in [-0.1, -0.05) is 23.7 Å². The Morgan fingerprint density at radius 3 is 2.18 bits per heavy atom. The maximum Gasteiger partial charge on any atom is 0.274 e. The lowest BCUT2D eigenvalue weighted by Crippen LogP contribution is -2.19. The molecule has 3 aromatic rings. The highest BCUT2D eigenvalue weighted by molar-refractivity contribution is 6.30. The number of rotatable bonds is 5. The Hall–Kier alpha value is -3.38. The van der Waals surface area contributed by atoms with Crippen molar-refractivity contribution in [3.05, 3.63) is 88.3 Å². The Labute approximate surface area is 167 Å². The van der Waals surface area contributed by atoms with E-state index in [9.17, 15) is 9.59 Å². The number of benzene rings is 2. The smallest absolute Gasteiger partial charge is 0.274 e. The van der Waals surface area contributed by atoms with Gasteiger partial charge in [-0.25, -0.2) is 5.43 Å². The summed E-state index contributed by atoms with van der Waals surface area (Å²) >= 11 is 5.83. The average molecular weight is 396 g/mol. The van der Waals surface area contributed by atoms with Crippen molar-refractivity contribution in [3.63, 3.8) is 0 Å². The third-order valence-electron chi connectivity index (χ3n) is 4.10. The van der Waals surface area contributed by atoms with Crippen LogP contribution in [0, 0.1) is 6.92 Å². The van der Waals surface area contributed by atoms with E-state index < -0.39 is 0 Å². The van der Waals surface area contributed by atoms with Crippen LogP contribution in [-0.4, -0.2) is 17.5 Å². The molecule has 0 radical (unpaired) electrons. The molecule has 0 bridgehead atoms. The quantitative estimate of drug-likeness (QED) is 0.487. The summed E-state index contributed by atoms with van der Waals surface area (Å²) in [6, 6.07) is 15.4. The van der Waals surface area contributed by atoms with Crippen molar-refractivity contribution >= 4 is 34.8 Å². The van der Waals surface area contributed by atoms with Gasteiger partial charge in [0.25, 0.3) is 11.8 Å². The van der Waals surface area contributed by atoms with Gasteiger partial charge in [0.2, 0.25) is 0 Å². The Morgan fingerprint density at radius 1 is 0.929 bits per heavy atom. The molecule has 1 heterocycles. The average Bonchev–Trinajstić information content (AvgIpc) is 3.13. The Bertz CT molecular complexity index is 1020. The van der Waals surface area contributed by atoms with Gasteiger partial charge < -0.3 is 9.73 Å². The molecule has 0 aliphatic rings. The molecule has 6 nitrogen and oxygen atoms in total. The predicted molar refractivity (Wildman–Crippen MR) is 109 cm³/mol. The highest BCUT2D eigenvalue weighted by Gasteiger charge is 2.11. The van der Waals surface area contributed by atoms with Gasteiger partial charge in [-0.2, -0.15) is 5.10 Å². The third kappa shape index (κ3) is 4.66. The standard InChI is InChI=1S/C21H18ClN3O3/c1-13(24-25-21(27)19-11-12-28-14(19)2)15-5-9-18(10-6-15)23-20(26)16-3-7-17(22)8-4-16/h3-12H,1-2H3,(H,23,26)(H,25,27)/b24-13+. The second-order valence-electron chi connectivity index (χ2n) is 6.07. The van der Waals surface area contributed by atoms with Gasteiger partial charge in [0.05, 0.1) is 17.5 Å². The van der Waals surface area contributed by atoms with E-state index >= 15 is 0 Å². The number of aryl methyl sites for hydroxylation is 1. The van der Waals surface area contributed by atoms with E-state index in [1.807, 2.05) is 12.1 Å². The number of carbonyl (C=O) groups excluding carboxylic acids is 2. The SMILES string of the molecule is C/C(=N\NC(=O)c1ccoc1C)c1ccc(NC(=O)c2ccc(Cl)cc2)cc1. The van der Waals surface area contributed by atoms with Gasteiger partial charge in [0, 0.05) is 16.3 Å². The van der Waals surface area contributed by atoms with E-state index in [2.05, 4.69) is 15.8 Å². The largest absolute Gasteiger partial charge is 0.469 e. The number of halogens is 1. The first kappa shape index (κ1) is 19.4. The molecule has 3 rings (SSSR count). The van der Waals surface area contributed by atoms with Gasteiger partial charge in [0.15, 0.2) is 0 Å². The second kappa shape index (κ2) is 8.54. The Morgan fingerprint density at radius 2 is 1.57 bits per heavy atom. The van der Waals surface area contributed by atoms with E-state index in [1.165, 1.54) is 6.26 Å². The van der Waals surface area contributed by atoms with E-state index in [0.717, 1.165) is 5.56 Å². The molecule has 0 saturated heterocycles. The van der Waals surface area contributed by atoms with Crippen LogP contribution < -0.4 is 10.7 Å². The summed E-state index contributed by atoms with van der Waals surface area (Å²) in [5.41, 5.74) is 5.56. The third-order valence-corrected chi connectivity index (χ3v) is 4.35. The first-order valence-corrected chi connectivity index (χ1v) is 8.88. The molecule has 0 fully saturated rings. The van der Waals surface area contributed by atoms with Crippen LogP contribution in [0.1, 0.15) is 39.0 Å². The molecule has 1 aromatic heterocycles. The monoisotopic (exact) mass is 395 g/mol. The van der Waals surface area contributed by atoms with Gasteiger partial charge in [-0.05, 0) is 61.9 Å². The summed E-state index contributed by atoms with van der Waals surface area (Å²) < 4.78 is 5.11. The molecule has 7 heteroatoms. The summed E-state index contributed by atoms with van der Waals surface area (Å²) in [6.45, 7) is 3.49. The summed E-state index contributed by atoms with van der Waals surface area (Å²) in [4.78, 5) is 24.3. The number of nitrogens with zero attached hydrogens (tertiary/aromatic N) is 1. The highest BCUT2D eigenvalue weighted by Crippen LogP contribution is 2.14. The van der Waals surface area contributed by atoms with Crippen LogP contribution in [0.4, 0.5) is 5.69 Å². The molecule has 0 aliphatic heterocycles. The van der Waals surface area contributed by atoms with Gasteiger partial charge in [-0.15, -0.1) is 0 Å². The van der Waals surface area contributed by atoms with Gasteiger partial charge >= 0.3 is 0 Å². The van der Waals surface area contributed by atoms with Crippen LogP contribution in [0.15, 0.2) is 70.4 Å². The van der Waals surface area contributed by atoms with Gasteiger partial charge in [0.1, 0.15) is 5.76 Å². The van der Waals surface area contributed by atoms with Crippen LogP contribution in [0.2, 0.25) is 5.02 Å². The van der Waals surface area contributed by atoms with Crippen LogP contribution in [0.5, 0.6) is 0 Å². The minimum Gasteiger partial charge on any atom is -0.469 e. The van der Waals surface area contributed by atoms with Crippen LogP contribution >= 0.6 is 11.6 Å². The predicted octanol–water partition coefficient (Wildman–Crippen LogP) is 4.65. The molecular formula is C21H18ClN3O3. The molecule has 0 unspecified atom stereocenters. The van der Waals surface area contributed by atoms with Crippen LogP contribution in [0.3, 0.4) is 0 Å². The zero-order valence-corrected chi connectivity index (χ0v) is 16.1. The van der Waals surface area contributed by atoms with E-state index in [4.69, 9.17) is 16.0 Å². The first-order valence-electron chi connectivity index (χ1n) is 8.50. The van der Waals surface area contributed by atoms with Crippen LogP contribution in [-0.2, 0) is 0 Å². The molecule has 0 saturated carbocycles. The minimum absolute atomic E-state index is 0.224. The first-order chi connectivity index (χ1) is 13.4. The minimum atomic E-state index is -0.336. The van der Waals surface area contributed by atoms with Crippen molar-refractivity contribution in [3.8, 4) is 0 Å². The number of amides is 2. The van der Waals surface area contributed by atoms with Crippen molar-refractivity contribution in [2.24, 2.45) is 5.10 Å². The van der Waals surface area contributed by atoms with E-state index in [-0.39, 0.29) is 11.8 Å². The molecule has 2 N–H and O–H groups in total. The number of carbonyl (C=O) groups is 2. The fourth-order valence-corrected chi connectivity index (χ4v) is 2.61. The molecule has 2 amide bonds. The van der Waals surface area contributed by atoms with Crippen molar-refractivity contribution in [1.82, 2.24) is 5.43 Å². The number of furan rings is 1. The van der Waals surface area contributed by atoms with Crippen molar-refractivity contribution in [1.29, 1.82) is 0 Å². The maximum atomic E-state index is 12.2. The lowest BCUT2D eigenvalue weighted by molar-refractivity contribution is 0.0952. The zero-order valence-electron chi connectivity index (χ0n) is 15.3. The molecule has 28 heavy (non-hydrogen) atoms. The second-order valence-corrected chi connectivity index (χ2v) is 6.50. The lowest BCUT2D eigenvalue weighted by atomic mass is 10.1. The lowest BCUT2D eigenvalue weighted by Gasteiger charge is -2.07. The summed E-state index contributed by atoms with van der Waals surface area (Å²) in [6.07, 6.45) is 1.46. The molecule has 2 aromatic carbocycles.